The Balaban J connectivity index is 1.86. The van der Waals surface area contributed by atoms with E-state index >= 15 is 0 Å². The van der Waals surface area contributed by atoms with Gasteiger partial charge in [0.05, 0.1) is 5.69 Å². The summed E-state index contributed by atoms with van der Waals surface area (Å²) in [6.45, 7) is 1.96. The number of nitrogens with zero attached hydrogens (tertiary/aromatic N) is 2. The van der Waals surface area contributed by atoms with Crippen LogP contribution in [0.15, 0.2) is 62.8 Å². The molecule has 106 valence electrons. The van der Waals surface area contributed by atoms with Crippen LogP contribution in [-0.4, -0.2) is 9.38 Å². The van der Waals surface area contributed by atoms with Gasteiger partial charge in [0.25, 0.3) is 5.56 Å². The lowest BCUT2D eigenvalue weighted by Gasteiger charge is -2.05. The summed E-state index contributed by atoms with van der Waals surface area (Å²) in [7, 11) is 0. The van der Waals surface area contributed by atoms with Crippen LogP contribution in [-0.2, 0) is 5.75 Å². The number of hydrogen-bond donors (Lipinski definition) is 0. The number of hydrogen-bond acceptors (Lipinski definition) is 3. The fourth-order valence-corrected chi connectivity index (χ4v) is 3.08. The van der Waals surface area contributed by atoms with Crippen LogP contribution < -0.4 is 5.56 Å². The predicted octanol–water partition coefficient (Wildman–Crippen LogP) is 4.06. The molecule has 0 amide bonds. The molecule has 0 atom stereocenters. The minimum Gasteiger partial charge on any atom is -0.269 e. The SMILES string of the molecule is Cc1ccc2nc(CSc3ccc(Br)cc3)cc(=O)n2c1. The van der Waals surface area contributed by atoms with Gasteiger partial charge in [0, 0.05) is 27.4 Å². The molecule has 0 unspecified atom stereocenters. The quantitative estimate of drug-likeness (QED) is 0.660. The van der Waals surface area contributed by atoms with Crippen molar-refractivity contribution < 1.29 is 0 Å². The van der Waals surface area contributed by atoms with Gasteiger partial charge in [0.1, 0.15) is 5.65 Å². The number of aromatic nitrogens is 2. The smallest absolute Gasteiger partial charge is 0.258 e. The highest BCUT2D eigenvalue weighted by Crippen LogP contribution is 2.23. The molecule has 0 spiro atoms. The monoisotopic (exact) mass is 360 g/mol. The van der Waals surface area contributed by atoms with Crippen molar-refractivity contribution in [1.29, 1.82) is 0 Å². The molecule has 2 heterocycles. The van der Waals surface area contributed by atoms with Crippen molar-refractivity contribution in [3.05, 3.63) is 74.7 Å². The minimum absolute atomic E-state index is 0.0323. The first-order chi connectivity index (χ1) is 10.1. The Morgan fingerprint density at radius 1 is 1.19 bits per heavy atom. The van der Waals surface area contributed by atoms with Gasteiger partial charge in [-0.05, 0) is 42.8 Å². The lowest BCUT2D eigenvalue weighted by Crippen LogP contribution is -2.15. The van der Waals surface area contributed by atoms with Gasteiger partial charge in [-0.15, -0.1) is 11.8 Å². The fraction of sp³-hybridized carbons (Fsp3) is 0.125. The van der Waals surface area contributed by atoms with Gasteiger partial charge in [-0.1, -0.05) is 22.0 Å². The zero-order chi connectivity index (χ0) is 14.8. The first-order valence-electron chi connectivity index (χ1n) is 6.49. The largest absolute Gasteiger partial charge is 0.269 e. The van der Waals surface area contributed by atoms with Gasteiger partial charge in [-0.2, -0.15) is 0 Å². The first kappa shape index (κ1) is 14.4. The van der Waals surface area contributed by atoms with E-state index in [0.717, 1.165) is 20.6 Å². The Kier molecular flexibility index (Phi) is 4.12. The zero-order valence-corrected chi connectivity index (χ0v) is 13.8. The average molecular weight is 361 g/mol. The number of rotatable bonds is 3. The van der Waals surface area contributed by atoms with Crippen LogP contribution >= 0.6 is 27.7 Å². The van der Waals surface area contributed by atoms with Crippen molar-refractivity contribution >= 4 is 33.3 Å². The van der Waals surface area contributed by atoms with E-state index in [9.17, 15) is 4.79 Å². The Morgan fingerprint density at radius 2 is 1.95 bits per heavy atom. The molecule has 0 bridgehead atoms. The van der Waals surface area contributed by atoms with E-state index in [1.165, 1.54) is 0 Å². The number of fused-ring (bicyclic) bond motifs is 1. The molecular formula is C16H13BrN2OS. The van der Waals surface area contributed by atoms with Crippen LogP contribution in [0, 0.1) is 6.92 Å². The second kappa shape index (κ2) is 6.03. The summed E-state index contributed by atoms with van der Waals surface area (Å²) in [6.07, 6.45) is 1.82. The molecule has 3 nitrogen and oxygen atoms in total. The van der Waals surface area contributed by atoms with Crippen molar-refractivity contribution in [1.82, 2.24) is 9.38 Å². The van der Waals surface area contributed by atoms with Crippen LogP contribution in [0.1, 0.15) is 11.3 Å². The summed E-state index contributed by atoms with van der Waals surface area (Å²) in [5.74, 6) is 0.682. The van der Waals surface area contributed by atoms with Crippen molar-refractivity contribution in [2.45, 2.75) is 17.6 Å². The highest BCUT2D eigenvalue weighted by Gasteiger charge is 2.03. The lowest BCUT2D eigenvalue weighted by molar-refractivity contribution is 1.00. The van der Waals surface area contributed by atoms with Crippen molar-refractivity contribution in [3.8, 4) is 0 Å². The minimum atomic E-state index is -0.0323. The van der Waals surface area contributed by atoms with Crippen LogP contribution in [0.2, 0.25) is 0 Å². The molecule has 3 aromatic rings. The summed E-state index contributed by atoms with van der Waals surface area (Å²) < 4.78 is 2.65. The van der Waals surface area contributed by atoms with Crippen molar-refractivity contribution in [2.75, 3.05) is 0 Å². The van der Waals surface area contributed by atoms with E-state index in [1.807, 2.05) is 49.5 Å². The number of thioether (sulfide) groups is 1. The highest BCUT2D eigenvalue weighted by atomic mass is 79.9. The third-order valence-corrected chi connectivity index (χ3v) is 4.64. The van der Waals surface area contributed by atoms with Gasteiger partial charge in [-0.3, -0.25) is 9.20 Å². The van der Waals surface area contributed by atoms with Gasteiger partial charge in [0.15, 0.2) is 0 Å². The summed E-state index contributed by atoms with van der Waals surface area (Å²) in [5, 5.41) is 0. The number of aryl methyl sites for hydroxylation is 1. The molecule has 0 N–H and O–H groups in total. The van der Waals surface area contributed by atoms with Crippen LogP contribution in [0.3, 0.4) is 0 Å². The number of pyridine rings is 1. The zero-order valence-electron chi connectivity index (χ0n) is 11.4. The Bertz CT molecular complexity index is 843. The summed E-state index contributed by atoms with van der Waals surface area (Å²) in [5.41, 5.74) is 2.51. The standard InChI is InChI=1S/C16H13BrN2OS/c1-11-2-7-15-18-13(8-16(20)19(15)9-11)10-21-14-5-3-12(17)4-6-14/h2-9H,10H2,1H3. The van der Waals surface area contributed by atoms with Crippen LogP contribution in [0.5, 0.6) is 0 Å². The van der Waals surface area contributed by atoms with Gasteiger partial charge >= 0.3 is 0 Å². The van der Waals surface area contributed by atoms with E-state index in [1.54, 1.807) is 22.2 Å². The van der Waals surface area contributed by atoms with E-state index in [-0.39, 0.29) is 5.56 Å². The predicted molar refractivity (Wildman–Crippen MR) is 89.9 cm³/mol. The third kappa shape index (κ3) is 3.36. The normalized spacial score (nSPS) is 11.0. The average Bonchev–Trinajstić information content (AvgIpc) is 2.47. The van der Waals surface area contributed by atoms with E-state index in [4.69, 9.17) is 0 Å². The van der Waals surface area contributed by atoms with E-state index in [0.29, 0.717) is 11.4 Å². The molecule has 5 heteroatoms. The first-order valence-corrected chi connectivity index (χ1v) is 8.27. The Morgan fingerprint density at radius 3 is 2.71 bits per heavy atom. The second-order valence-electron chi connectivity index (χ2n) is 4.76. The van der Waals surface area contributed by atoms with Crippen LogP contribution in [0.4, 0.5) is 0 Å². The molecular weight excluding hydrogens is 348 g/mol. The molecule has 0 fully saturated rings. The van der Waals surface area contributed by atoms with Crippen molar-refractivity contribution in [3.63, 3.8) is 0 Å². The maximum atomic E-state index is 12.1. The molecule has 1 aromatic carbocycles. The molecule has 0 saturated heterocycles. The summed E-state index contributed by atoms with van der Waals surface area (Å²) in [6, 6.07) is 13.6. The maximum Gasteiger partial charge on any atom is 0.258 e. The lowest BCUT2D eigenvalue weighted by atomic mass is 10.3. The van der Waals surface area contributed by atoms with Gasteiger partial charge in [-0.25, -0.2) is 4.98 Å². The second-order valence-corrected chi connectivity index (χ2v) is 6.73. The molecule has 0 saturated carbocycles. The van der Waals surface area contributed by atoms with E-state index in [2.05, 4.69) is 20.9 Å². The molecule has 2 aromatic heterocycles. The Labute approximate surface area is 135 Å². The van der Waals surface area contributed by atoms with Gasteiger partial charge < -0.3 is 0 Å². The molecule has 0 aliphatic carbocycles. The van der Waals surface area contributed by atoms with E-state index < -0.39 is 0 Å². The number of benzene rings is 1. The molecule has 0 aliphatic rings. The highest BCUT2D eigenvalue weighted by molar-refractivity contribution is 9.10. The van der Waals surface area contributed by atoms with Crippen molar-refractivity contribution in [2.24, 2.45) is 0 Å². The van der Waals surface area contributed by atoms with Crippen LogP contribution in [0.25, 0.3) is 5.65 Å². The molecule has 21 heavy (non-hydrogen) atoms. The molecule has 0 aliphatic heterocycles. The van der Waals surface area contributed by atoms with Gasteiger partial charge in [0.2, 0.25) is 0 Å². The third-order valence-electron chi connectivity index (χ3n) is 3.06. The topological polar surface area (TPSA) is 34.4 Å². The summed E-state index contributed by atoms with van der Waals surface area (Å²) in [4.78, 5) is 17.8. The maximum absolute atomic E-state index is 12.1. The summed E-state index contributed by atoms with van der Waals surface area (Å²) >= 11 is 5.09. The Hall–Kier alpha value is -1.59. The fourth-order valence-electron chi connectivity index (χ4n) is 2.02. The molecule has 0 radical (unpaired) electrons. The molecule has 3 rings (SSSR count). The number of halogens is 1.